The third-order valence-electron chi connectivity index (χ3n) is 7.50. The van der Waals surface area contributed by atoms with E-state index in [4.69, 9.17) is 23.8 Å². The number of nitrogens with zero attached hydrogens (tertiary/aromatic N) is 3. The van der Waals surface area contributed by atoms with E-state index < -0.39 is 18.3 Å². The number of benzene rings is 2. The molecule has 4 heterocycles. The molecule has 2 saturated heterocycles. The van der Waals surface area contributed by atoms with Crippen molar-refractivity contribution in [2.45, 2.75) is 45.8 Å². The van der Waals surface area contributed by atoms with Gasteiger partial charge < -0.3 is 18.8 Å². The van der Waals surface area contributed by atoms with Crippen LogP contribution in [0.1, 0.15) is 34.6 Å². The molecule has 2 aliphatic rings. The first-order chi connectivity index (χ1) is 16.6. The van der Waals surface area contributed by atoms with Gasteiger partial charge in [-0.25, -0.2) is 9.97 Å². The molecule has 2 aliphatic heterocycles. The maximum absolute atomic E-state index is 6.33. The van der Waals surface area contributed by atoms with Crippen molar-refractivity contribution in [3.63, 3.8) is 0 Å². The smallest absolute Gasteiger partial charge is 0.493 e. The third-order valence-corrected chi connectivity index (χ3v) is 7.50. The first-order valence-electron chi connectivity index (χ1n) is 12.1. The highest BCUT2D eigenvalue weighted by Crippen LogP contribution is 2.37. The molecule has 0 aliphatic carbocycles. The Hall–Kier alpha value is -2.94. The van der Waals surface area contributed by atoms with Crippen LogP contribution >= 0.6 is 0 Å². The summed E-state index contributed by atoms with van der Waals surface area (Å²) in [7, 11) is -0.478. The summed E-state index contributed by atoms with van der Waals surface area (Å²) in [6, 6.07) is 16.2. The molecule has 8 heteroatoms. The Balaban J connectivity index is 1.34. The summed E-state index contributed by atoms with van der Waals surface area (Å²) in [5, 5.41) is 1.04. The first kappa shape index (κ1) is 22.5. The number of hydrogen-bond donors (Lipinski definition) is 0. The molecule has 2 fully saturated rings. The van der Waals surface area contributed by atoms with Crippen LogP contribution < -0.4 is 10.2 Å². The number of ether oxygens (including phenoxy) is 2. The Morgan fingerprint density at radius 2 is 1.74 bits per heavy atom. The van der Waals surface area contributed by atoms with E-state index in [0.717, 1.165) is 52.2 Å². The van der Waals surface area contributed by atoms with E-state index >= 15 is 0 Å². The topological polar surface area (TPSA) is 67.6 Å². The average molecular weight is 471 g/mol. The highest BCUT2D eigenvalue weighted by Gasteiger charge is 2.52. The summed E-state index contributed by atoms with van der Waals surface area (Å²) in [5.41, 5.74) is 2.88. The van der Waals surface area contributed by atoms with Crippen molar-refractivity contribution < 1.29 is 18.8 Å². The second-order valence-electron chi connectivity index (χ2n) is 11.0. The number of hydrogen-bond acceptors (Lipinski definition) is 6. The highest BCUT2D eigenvalue weighted by molar-refractivity contribution is 6.65. The minimum atomic E-state index is -0.478. The van der Waals surface area contributed by atoms with Crippen LogP contribution in [0, 0.1) is 5.41 Å². The van der Waals surface area contributed by atoms with Crippen LogP contribution in [0.2, 0.25) is 0 Å². The average Bonchev–Trinajstić information content (AvgIpc) is 3.32. The van der Waals surface area contributed by atoms with Crippen LogP contribution in [0.3, 0.4) is 0 Å². The standard InChI is InChI=1S/C27H30BN3O4/c1-25(2)26(3,4)35-28(34-25)20-8-6-7-18-9-12-23(30-24(18)20)31-17-29-21-13-19(10-11-22(21)31)33-16-27(5)14-32-15-27/h6-13,17H,14-16H2,1-5H3. The molecule has 2 aromatic carbocycles. The zero-order valence-electron chi connectivity index (χ0n) is 20.9. The normalized spacial score (nSPS) is 20.3. The van der Waals surface area contributed by atoms with Gasteiger partial charge in [-0.2, -0.15) is 0 Å². The molecule has 0 radical (unpaired) electrons. The van der Waals surface area contributed by atoms with Gasteiger partial charge in [0, 0.05) is 16.9 Å². The first-order valence-corrected chi connectivity index (χ1v) is 12.1. The van der Waals surface area contributed by atoms with Crippen molar-refractivity contribution in [1.29, 1.82) is 0 Å². The fraction of sp³-hybridized carbons (Fsp3) is 0.407. The van der Waals surface area contributed by atoms with E-state index in [2.05, 4.69) is 51.7 Å². The lowest BCUT2D eigenvalue weighted by molar-refractivity contribution is -0.120. The Labute approximate surface area is 205 Å². The monoisotopic (exact) mass is 471 g/mol. The van der Waals surface area contributed by atoms with E-state index in [9.17, 15) is 0 Å². The number of imidazole rings is 1. The lowest BCUT2D eigenvalue weighted by Gasteiger charge is -2.37. The summed E-state index contributed by atoms with van der Waals surface area (Å²) in [6.07, 6.45) is 1.81. The SMILES string of the molecule is CC1(COc2ccc3c(c2)ncn3-c2ccc3cccc(B4OC(C)(C)C(C)(C)O4)c3n2)COC1. The molecule has 180 valence electrons. The van der Waals surface area contributed by atoms with Gasteiger partial charge in [0.2, 0.25) is 0 Å². The van der Waals surface area contributed by atoms with E-state index in [-0.39, 0.29) is 5.41 Å². The van der Waals surface area contributed by atoms with Crippen LogP contribution in [0.5, 0.6) is 5.75 Å². The highest BCUT2D eigenvalue weighted by atomic mass is 16.7. The Morgan fingerprint density at radius 1 is 0.971 bits per heavy atom. The van der Waals surface area contributed by atoms with Gasteiger partial charge in [-0.3, -0.25) is 4.57 Å². The Morgan fingerprint density at radius 3 is 2.46 bits per heavy atom. The number of fused-ring (bicyclic) bond motifs is 2. The largest absolute Gasteiger partial charge is 0.497 e. The molecule has 2 aromatic heterocycles. The Bertz CT molecular complexity index is 1410. The molecule has 4 aromatic rings. The predicted molar refractivity (Wildman–Crippen MR) is 137 cm³/mol. The molecule has 0 unspecified atom stereocenters. The van der Waals surface area contributed by atoms with Crippen LogP contribution in [0.25, 0.3) is 27.8 Å². The lowest BCUT2D eigenvalue weighted by Crippen LogP contribution is -2.44. The quantitative estimate of drug-likeness (QED) is 0.405. The van der Waals surface area contributed by atoms with Gasteiger partial charge >= 0.3 is 7.12 Å². The molecule has 0 atom stereocenters. The maximum Gasteiger partial charge on any atom is 0.497 e. The summed E-state index contributed by atoms with van der Waals surface area (Å²) in [6.45, 7) is 12.5. The molecule has 6 rings (SSSR count). The second kappa shape index (κ2) is 7.78. The van der Waals surface area contributed by atoms with Crippen LogP contribution in [-0.2, 0) is 14.0 Å². The second-order valence-corrected chi connectivity index (χ2v) is 11.0. The van der Waals surface area contributed by atoms with Crippen molar-refractivity contribution in [3.8, 4) is 11.6 Å². The number of pyridine rings is 1. The summed E-state index contributed by atoms with van der Waals surface area (Å²) in [5.74, 6) is 1.60. The van der Waals surface area contributed by atoms with Crippen molar-refractivity contribution in [2.24, 2.45) is 5.41 Å². The van der Waals surface area contributed by atoms with Gasteiger partial charge in [-0.15, -0.1) is 0 Å². The molecule has 7 nitrogen and oxygen atoms in total. The molecule has 0 amide bonds. The molecular weight excluding hydrogens is 441 g/mol. The summed E-state index contributed by atoms with van der Waals surface area (Å²) >= 11 is 0. The maximum atomic E-state index is 6.33. The number of aromatic nitrogens is 3. The fourth-order valence-electron chi connectivity index (χ4n) is 4.51. The summed E-state index contributed by atoms with van der Waals surface area (Å²) < 4.78 is 26.0. The third kappa shape index (κ3) is 3.80. The van der Waals surface area contributed by atoms with Crippen LogP contribution in [-0.4, -0.2) is 52.7 Å². The number of rotatable bonds is 5. The van der Waals surface area contributed by atoms with E-state index in [0.29, 0.717) is 6.61 Å². The van der Waals surface area contributed by atoms with Crippen LogP contribution in [0.4, 0.5) is 0 Å². The van der Waals surface area contributed by atoms with Crippen molar-refractivity contribution in [1.82, 2.24) is 14.5 Å². The lowest BCUT2D eigenvalue weighted by atomic mass is 9.77. The van der Waals surface area contributed by atoms with Gasteiger partial charge in [0.1, 0.15) is 17.9 Å². The molecule has 0 bridgehead atoms. The minimum Gasteiger partial charge on any atom is -0.493 e. The molecular formula is C27H30BN3O4. The number of para-hydroxylation sites is 1. The molecule has 35 heavy (non-hydrogen) atoms. The van der Waals surface area contributed by atoms with Crippen molar-refractivity contribution in [3.05, 3.63) is 54.9 Å². The van der Waals surface area contributed by atoms with Gasteiger partial charge in [-0.05, 0) is 57.3 Å². The fourth-order valence-corrected chi connectivity index (χ4v) is 4.51. The van der Waals surface area contributed by atoms with Gasteiger partial charge in [-0.1, -0.05) is 25.1 Å². The molecule has 0 saturated carbocycles. The van der Waals surface area contributed by atoms with Crippen LogP contribution in [0.15, 0.2) is 54.9 Å². The predicted octanol–water partition coefficient (Wildman–Crippen LogP) is 4.29. The van der Waals surface area contributed by atoms with Gasteiger partial charge in [0.05, 0.1) is 47.6 Å². The summed E-state index contributed by atoms with van der Waals surface area (Å²) in [4.78, 5) is 9.66. The molecule has 0 spiro atoms. The zero-order chi connectivity index (χ0) is 24.4. The van der Waals surface area contributed by atoms with Crippen molar-refractivity contribution >= 4 is 34.5 Å². The van der Waals surface area contributed by atoms with Gasteiger partial charge in [0.25, 0.3) is 0 Å². The zero-order valence-corrected chi connectivity index (χ0v) is 20.9. The molecule has 0 N–H and O–H groups in total. The van der Waals surface area contributed by atoms with Crippen molar-refractivity contribution in [2.75, 3.05) is 19.8 Å². The van der Waals surface area contributed by atoms with E-state index in [1.165, 1.54) is 0 Å². The Kier molecular flexibility index (Phi) is 5.01. The van der Waals surface area contributed by atoms with E-state index in [1.807, 2.05) is 41.0 Å². The van der Waals surface area contributed by atoms with Gasteiger partial charge in [0.15, 0.2) is 0 Å². The van der Waals surface area contributed by atoms with E-state index in [1.54, 1.807) is 6.33 Å². The minimum absolute atomic E-state index is 0.0954.